The third kappa shape index (κ3) is 7.43. The Morgan fingerprint density at radius 1 is 0.907 bits per heavy atom. The number of hydrogen-bond acceptors (Lipinski definition) is 5. The molecule has 43 heavy (non-hydrogen) atoms. The SMILES string of the molecule is CN1CCC2(CC1)C(=O)NC(CCCCNC(=O)OCc1ccccc1)C(=O)N2CC(c1ccccc1)c1ccccc1. The molecule has 1 spiro atoms. The molecule has 2 heterocycles. The highest BCUT2D eigenvalue weighted by Crippen LogP contribution is 2.37. The zero-order valence-electron chi connectivity index (χ0n) is 24.9. The quantitative estimate of drug-likeness (QED) is 0.320. The van der Waals surface area contributed by atoms with Gasteiger partial charge in [-0.25, -0.2) is 4.79 Å². The van der Waals surface area contributed by atoms with Crippen molar-refractivity contribution in [3.63, 3.8) is 0 Å². The van der Waals surface area contributed by atoms with E-state index in [0.717, 1.165) is 29.8 Å². The lowest BCUT2D eigenvalue weighted by Crippen LogP contribution is -2.73. The lowest BCUT2D eigenvalue weighted by Gasteiger charge is -2.52. The zero-order chi connectivity index (χ0) is 30.1. The molecule has 2 aliphatic heterocycles. The molecular weight excluding hydrogens is 540 g/mol. The number of nitrogens with zero attached hydrogens (tertiary/aromatic N) is 2. The van der Waals surface area contributed by atoms with E-state index in [4.69, 9.17) is 4.74 Å². The second-order valence-electron chi connectivity index (χ2n) is 11.7. The molecule has 2 fully saturated rings. The number of carbonyl (C=O) groups is 3. The fraction of sp³-hybridized carbons (Fsp3) is 0.400. The lowest BCUT2D eigenvalue weighted by atomic mass is 9.79. The van der Waals surface area contributed by atoms with Crippen molar-refractivity contribution < 1.29 is 19.1 Å². The fourth-order valence-corrected chi connectivity index (χ4v) is 6.22. The minimum absolute atomic E-state index is 0.0174. The van der Waals surface area contributed by atoms with E-state index in [0.29, 0.717) is 45.2 Å². The molecule has 3 amide bonds. The van der Waals surface area contributed by atoms with Gasteiger partial charge in [0.05, 0.1) is 0 Å². The predicted molar refractivity (Wildman–Crippen MR) is 166 cm³/mol. The van der Waals surface area contributed by atoms with Gasteiger partial charge in [-0.05, 0) is 55.8 Å². The average Bonchev–Trinajstić information content (AvgIpc) is 3.04. The smallest absolute Gasteiger partial charge is 0.407 e. The maximum absolute atomic E-state index is 14.2. The molecule has 3 aromatic rings. The Morgan fingerprint density at radius 2 is 1.49 bits per heavy atom. The van der Waals surface area contributed by atoms with Gasteiger partial charge in [-0.1, -0.05) is 91.0 Å². The molecule has 2 N–H and O–H groups in total. The number of hydrogen-bond donors (Lipinski definition) is 2. The average molecular weight is 583 g/mol. The van der Waals surface area contributed by atoms with Crippen LogP contribution in [0.25, 0.3) is 0 Å². The standard InChI is InChI=1S/C35H42N4O4/c1-38-23-20-35(21-24-38)33(41)37-31(19-11-12-22-36-34(42)43-26-27-13-5-2-6-14-27)32(40)39(35)25-30(28-15-7-3-8-16-28)29-17-9-4-10-18-29/h2-10,13-18,30-31H,11-12,19-26H2,1H3,(H,36,42)(H,37,41). The molecule has 0 aromatic heterocycles. The highest BCUT2D eigenvalue weighted by molar-refractivity contribution is 6.00. The number of piperazine rings is 1. The van der Waals surface area contributed by atoms with Crippen LogP contribution in [0.1, 0.15) is 54.7 Å². The molecule has 0 radical (unpaired) electrons. The predicted octanol–water partition coefficient (Wildman–Crippen LogP) is 4.71. The largest absolute Gasteiger partial charge is 0.445 e. The summed E-state index contributed by atoms with van der Waals surface area (Å²) >= 11 is 0. The van der Waals surface area contributed by atoms with Crippen molar-refractivity contribution in [3.8, 4) is 0 Å². The first kappa shape index (κ1) is 30.3. The van der Waals surface area contributed by atoms with Crippen molar-refractivity contribution in [2.24, 2.45) is 0 Å². The first-order valence-electron chi connectivity index (χ1n) is 15.3. The molecule has 5 rings (SSSR count). The molecule has 226 valence electrons. The van der Waals surface area contributed by atoms with E-state index in [1.165, 1.54) is 0 Å². The van der Waals surface area contributed by atoms with Gasteiger partial charge in [0.15, 0.2) is 0 Å². The number of amides is 3. The van der Waals surface area contributed by atoms with Crippen molar-refractivity contribution in [2.75, 3.05) is 33.2 Å². The van der Waals surface area contributed by atoms with Crippen LogP contribution >= 0.6 is 0 Å². The summed E-state index contributed by atoms with van der Waals surface area (Å²) in [7, 11) is 2.06. The first-order chi connectivity index (χ1) is 21.0. The number of carbonyl (C=O) groups excluding carboxylic acids is 3. The van der Waals surface area contributed by atoms with Crippen molar-refractivity contribution >= 4 is 17.9 Å². The van der Waals surface area contributed by atoms with E-state index in [2.05, 4.69) is 46.8 Å². The summed E-state index contributed by atoms with van der Waals surface area (Å²) < 4.78 is 5.28. The molecule has 3 aromatic carbocycles. The third-order valence-electron chi connectivity index (χ3n) is 8.79. The minimum atomic E-state index is -0.855. The molecule has 2 aliphatic rings. The van der Waals surface area contributed by atoms with E-state index >= 15 is 0 Å². The molecule has 2 saturated heterocycles. The van der Waals surface area contributed by atoms with Gasteiger partial charge in [-0.2, -0.15) is 0 Å². The molecule has 8 nitrogen and oxygen atoms in total. The number of likely N-dealkylation sites (tertiary alicyclic amines) is 1. The van der Waals surface area contributed by atoms with E-state index in [-0.39, 0.29) is 24.3 Å². The molecule has 1 atom stereocenters. The summed E-state index contributed by atoms with van der Waals surface area (Å²) in [6.45, 7) is 2.61. The maximum atomic E-state index is 14.2. The van der Waals surface area contributed by atoms with Crippen LogP contribution < -0.4 is 10.6 Å². The van der Waals surface area contributed by atoms with Crippen LogP contribution in [0.5, 0.6) is 0 Å². The van der Waals surface area contributed by atoms with Gasteiger partial charge in [0.2, 0.25) is 11.8 Å². The van der Waals surface area contributed by atoms with Crippen LogP contribution in [0.3, 0.4) is 0 Å². The van der Waals surface area contributed by atoms with Crippen LogP contribution in [-0.4, -0.2) is 72.5 Å². The van der Waals surface area contributed by atoms with Crippen molar-refractivity contribution in [2.45, 2.75) is 56.2 Å². The second-order valence-corrected chi connectivity index (χ2v) is 11.7. The Bertz CT molecular complexity index is 1300. The van der Waals surface area contributed by atoms with E-state index in [9.17, 15) is 14.4 Å². The van der Waals surface area contributed by atoms with Crippen LogP contribution in [-0.2, 0) is 20.9 Å². The lowest BCUT2D eigenvalue weighted by molar-refractivity contribution is -0.161. The van der Waals surface area contributed by atoms with Gasteiger partial charge < -0.3 is 25.2 Å². The summed E-state index contributed by atoms with van der Waals surface area (Å²) in [5.41, 5.74) is 2.32. The first-order valence-corrected chi connectivity index (χ1v) is 15.3. The number of unbranched alkanes of at least 4 members (excludes halogenated alkanes) is 1. The highest BCUT2D eigenvalue weighted by atomic mass is 16.5. The number of nitrogens with one attached hydrogen (secondary N) is 2. The van der Waals surface area contributed by atoms with E-state index < -0.39 is 17.7 Å². The Balaban J connectivity index is 1.24. The topological polar surface area (TPSA) is 91.0 Å². The number of piperidine rings is 1. The molecule has 0 bridgehead atoms. The van der Waals surface area contributed by atoms with Crippen LogP contribution in [0, 0.1) is 0 Å². The van der Waals surface area contributed by atoms with Crippen LogP contribution in [0.2, 0.25) is 0 Å². The van der Waals surface area contributed by atoms with Crippen LogP contribution in [0.4, 0.5) is 4.79 Å². The Kier molecular flexibility index (Phi) is 10.1. The van der Waals surface area contributed by atoms with Gasteiger partial charge in [0.1, 0.15) is 18.2 Å². The van der Waals surface area contributed by atoms with E-state index in [1.807, 2.05) is 71.6 Å². The molecule has 0 saturated carbocycles. The Morgan fingerprint density at radius 3 is 2.09 bits per heavy atom. The van der Waals surface area contributed by atoms with Gasteiger partial charge in [0.25, 0.3) is 0 Å². The number of benzene rings is 3. The normalized spacial score (nSPS) is 18.5. The minimum Gasteiger partial charge on any atom is -0.445 e. The summed E-state index contributed by atoms with van der Waals surface area (Å²) in [5, 5.41) is 5.89. The maximum Gasteiger partial charge on any atom is 0.407 e. The molecule has 8 heteroatoms. The summed E-state index contributed by atoms with van der Waals surface area (Å²) in [5.74, 6) is -0.121. The monoisotopic (exact) mass is 582 g/mol. The highest BCUT2D eigenvalue weighted by Gasteiger charge is 2.53. The molecule has 1 unspecified atom stereocenters. The number of rotatable bonds is 11. The van der Waals surface area contributed by atoms with Gasteiger partial charge in [-0.15, -0.1) is 0 Å². The van der Waals surface area contributed by atoms with Crippen molar-refractivity contribution in [1.82, 2.24) is 20.4 Å². The summed E-state index contributed by atoms with van der Waals surface area (Å²) in [6.07, 6.45) is 2.62. The summed E-state index contributed by atoms with van der Waals surface area (Å²) in [6, 6.07) is 29.4. The van der Waals surface area contributed by atoms with E-state index in [1.54, 1.807) is 0 Å². The Labute approximate surface area is 254 Å². The summed E-state index contributed by atoms with van der Waals surface area (Å²) in [4.78, 5) is 44.3. The van der Waals surface area contributed by atoms with Gasteiger partial charge in [-0.3, -0.25) is 9.59 Å². The second kappa shape index (κ2) is 14.3. The number of alkyl carbamates (subject to hydrolysis) is 1. The number of ether oxygens (including phenoxy) is 1. The fourth-order valence-electron chi connectivity index (χ4n) is 6.22. The van der Waals surface area contributed by atoms with Gasteiger partial charge in [0, 0.05) is 32.1 Å². The van der Waals surface area contributed by atoms with Crippen LogP contribution in [0.15, 0.2) is 91.0 Å². The molecular formula is C35H42N4O4. The third-order valence-corrected chi connectivity index (χ3v) is 8.79. The van der Waals surface area contributed by atoms with Gasteiger partial charge >= 0.3 is 6.09 Å². The van der Waals surface area contributed by atoms with Crippen molar-refractivity contribution in [1.29, 1.82) is 0 Å². The Hall–Kier alpha value is -4.17. The molecule has 0 aliphatic carbocycles. The van der Waals surface area contributed by atoms with Crippen molar-refractivity contribution in [3.05, 3.63) is 108 Å². The zero-order valence-corrected chi connectivity index (χ0v) is 24.9.